The molecule has 3 N–H and O–H groups in total. The van der Waals surface area contributed by atoms with E-state index < -0.39 is 18.0 Å². The maximum absolute atomic E-state index is 12.7. The maximum atomic E-state index is 12.7. The quantitative estimate of drug-likeness (QED) is 0.570. The van der Waals surface area contributed by atoms with E-state index in [1.807, 2.05) is 36.4 Å². The highest BCUT2D eigenvalue weighted by Gasteiger charge is 2.28. The summed E-state index contributed by atoms with van der Waals surface area (Å²) in [5.74, 6) is -1.85. The van der Waals surface area contributed by atoms with Crippen LogP contribution in [-0.2, 0) is 32.1 Å². The van der Waals surface area contributed by atoms with Crippen LogP contribution < -0.4 is 11.1 Å². The van der Waals surface area contributed by atoms with E-state index in [4.69, 9.17) is 15.2 Å². The lowest BCUT2D eigenvalue weighted by Crippen LogP contribution is -2.45. The predicted molar refractivity (Wildman–Crippen MR) is 116 cm³/mol. The minimum Gasteiger partial charge on any atom is -0.462 e. The number of rotatable bonds is 9. The van der Waals surface area contributed by atoms with Gasteiger partial charge in [-0.15, -0.1) is 11.3 Å². The number of carbonyl (C=O) groups is 3. The van der Waals surface area contributed by atoms with Crippen molar-refractivity contribution >= 4 is 34.2 Å². The van der Waals surface area contributed by atoms with Crippen LogP contribution in [0.4, 0.5) is 5.00 Å². The van der Waals surface area contributed by atoms with Crippen molar-refractivity contribution in [3.05, 3.63) is 51.9 Å². The van der Waals surface area contributed by atoms with Crippen LogP contribution in [0.5, 0.6) is 0 Å². The molecule has 0 fully saturated rings. The first kappa shape index (κ1) is 23.9. The normalized spacial score (nSPS) is 11.5. The Morgan fingerprint density at radius 1 is 1.19 bits per heavy atom. The topological polar surface area (TPSA) is 132 Å². The standard InChI is InChI=1S/C22H25N3O5S/c1-4-29-22(28)19-16(15(11-23)20(24)31-19)12-30-21(27)18(13(2)3)25-17(26)10-14-8-6-5-7-9-14/h5-9,13,18H,4,10,12,24H2,1-3H3,(H,25,26)/t18-/m1/s1. The van der Waals surface area contributed by atoms with Crippen molar-refractivity contribution in [2.75, 3.05) is 12.3 Å². The second kappa shape index (κ2) is 11.1. The summed E-state index contributed by atoms with van der Waals surface area (Å²) in [6.07, 6.45) is 0.129. The molecule has 0 aliphatic rings. The van der Waals surface area contributed by atoms with Gasteiger partial charge in [-0.05, 0) is 18.4 Å². The fraction of sp³-hybridized carbons (Fsp3) is 0.364. The Labute approximate surface area is 185 Å². The molecule has 0 spiro atoms. The summed E-state index contributed by atoms with van der Waals surface area (Å²) in [7, 11) is 0. The number of amides is 1. The number of benzene rings is 1. The second-order valence-electron chi connectivity index (χ2n) is 7.04. The van der Waals surface area contributed by atoms with Crippen molar-refractivity contribution in [2.24, 2.45) is 5.92 Å². The zero-order chi connectivity index (χ0) is 23.0. The molecule has 8 nitrogen and oxygen atoms in total. The summed E-state index contributed by atoms with van der Waals surface area (Å²) in [6, 6.07) is 10.2. The number of nitriles is 1. The van der Waals surface area contributed by atoms with Crippen molar-refractivity contribution < 1.29 is 23.9 Å². The predicted octanol–water partition coefficient (Wildman–Crippen LogP) is 2.81. The Balaban J connectivity index is 2.11. The van der Waals surface area contributed by atoms with E-state index in [-0.39, 0.29) is 52.5 Å². The van der Waals surface area contributed by atoms with Crippen LogP contribution in [0.1, 0.15) is 47.1 Å². The molecule has 1 aromatic carbocycles. The Morgan fingerprint density at radius 2 is 1.87 bits per heavy atom. The van der Waals surface area contributed by atoms with Gasteiger partial charge in [0.2, 0.25) is 5.91 Å². The molecule has 164 valence electrons. The van der Waals surface area contributed by atoms with Crippen LogP contribution in [0.25, 0.3) is 0 Å². The molecular weight excluding hydrogens is 418 g/mol. The zero-order valence-corrected chi connectivity index (χ0v) is 18.5. The Morgan fingerprint density at radius 3 is 2.45 bits per heavy atom. The number of ether oxygens (including phenoxy) is 2. The lowest BCUT2D eigenvalue weighted by Gasteiger charge is -2.21. The number of hydrogen-bond donors (Lipinski definition) is 2. The average Bonchev–Trinajstić information content (AvgIpc) is 3.06. The van der Waals surface area contributed by atoms with Gasteiger partial charge >= 0.3 is 11.9 Å². The lowest BCUT2D eigenvalue weighted by molar-refractivity contribution is -0.150. The molecule has 9 heteroatoms. The van der Waals surface area contributed by atoms with Crippen LogP contribution in [0.2, 0.25) is 0 Å². The molecule has 0 unspecified atom stereocenters. The molecule has 0 radical (unpaired) electrons. The number of nitrogens with zero attached hydrogens (tertiary/aromatic N) is 1. The number of thiophene rings is 1. The summed E-state index contributed by atoms with van der Waals surface area (Å²) >= 11 is 0.912. The SMILES string of the molecule is CCOC(=O)c1sc(N)c(C#N)c1COC(=O)[C@H](NC(=O)Cc1ccccc1)C(C)C. The number of anilines is 1. The van der Waals surface area contributed by atoms with Crippen LogP contribution >= 0.6 is 11.3 Å². The van der Waals surface area contributed by atoms with Crippen molar-refractivity contribution in [1.82, 2.24) is 5.32 Å². The third-order valence-corrected chi connectivity index (χ3v) is 5.45. The summed E-state index contributed by atoms with van der Waals surface area (Å²) < 4.78 is 10.4. The average molecular weight is 444 g/mol. The molecule has 2 aromatic rings. The van der Waals surface area contributed by atoms with Crippen LogP contribution in [-0.4, -0.2) is 30.5 Å². The Hall–Kier alpha value is -3.38. The lowest BCUT2D eigenvalue weighted by atomic mass is 10.0. The van der Waals surface area contributed by atoms with Crippen molar-refractivity contribution in [2.45, 2.75) is 39.8 Å². The van der Waals surface area contributed by atoms with E-state index in [1.165, 1.54) is 0 Å². The van der Waals surface area contributed by atoms with Crippen molar-refractivity contribution in [3.63, 3.8) is 0 Å². The highest BCUT2D eigenvalue weighted by atomic mass is 32.1. The van der Waals surface area contributed by atoms with Gasteiger partial charge in [0.05, 0.1) is 18.6 Å². The van der Waals surface area contributed by atoms with Gasteiger partial charge in [0, 0.05) is 5.56 Å². The first-order valence-corrected chi connectivity index (χ1v) is 10.6. The molecule has 0 bridgehead atoms. The highest BCUT2D eigenvalue weighted by Crippen LogP contribution is 2.32. The van der Waals surface area contributed by atoms with E-state index in [0.29, 0.717) is 0 Å². The number of esters is 2. The molecule has 1 amide bonds. The maximum Gasteiger partial charge on any atom is 0.348 e. The van der Waals surface area contributed by atoms with Gasteiger partial charge < -0.3 is 20.5 Å². The fourth-order valence-corrected chi connectivity index (χ4v) is 3.76. The van der Waals surface area contributed by atoms with E-state index in [0.717, 1.165) is 16.9 Å². The Kier molecular flexibility index (Phi) is 8.58. The molecule has 1 heterocycles. The second-order valence-corrected chi connectivity index (χ2v) is 8.09. The first-order valence-electron chi connectivity index (χ1n) is 9.76. The summed E-state index contributed by atoms with van der Waals surface area (Å²) in [5, 5.41) is 12.2. The minimum atomic E-state index is -0.885. The highest BCUT2D eigenvalue weighted by molar-refractivity contribution is 7.18. The monoisotopic (exact) mass is 443 g/mol. The van der Waals surface area contributed by atoms with E-state index >= 15 is 0 Å². The minimum absolute atomic E-state index is 0.0788. The van der Waals surface area contributed by atoms with Gasteiger partial charge in [-0.25, -0.2) is 9.59 Å². The number of carbonyl (C=O) groups excluding carboxylic acids is 3. The molecule has 31 heavy (non-hydrogen) atoms. The van der Waals surface area contributed by atoms with Crippen LogP contribution in [0, 0.1) is 17.2 Å². The molecular formula is C22H25N3O5S. The third-order valence-electron chi connectivity index (χ3n) is 4.41. The van der Waals surface area contributed by atoms with Crippen molar-refractivity contribution in [3.8, 4) is 6.07 Å². The molecule has 1 aromatic heterocycles. The number of nitrogens with two attached hydrogens (primary N) is 1. The van der Waals surface area contributed by atoms with E-state index in [2.05, 4.69) is 5.32 Å². The molecule has 0 aliphatic carbocycles. The summed E-state index contributed by atoms with van der Waals surface area (Å²) in [5.41, 5.74) is 6.94. The van der Waals surface area contributed by atoms with Gasteiger partial charge in [0.25, 0.3) is 0 Å². The molecule has 0 aliphatic heterocycles. The van der Waals surface area contributed by atoms with Gasteiger partial charge in [0.15, 0.2) is 0 Å². The summed E-state index contributed by atoms with van der Waals surface area (Å²) in [4.78, 5) is 37.4. The van der Waals surface area contributed by atoms with Gasteiger partial charge in [0.1, 0.15) is 28.6 Å². The van der Waals surface area contributed by atoms with Gasteiger partial charge in [-0.2, -0.15) is 5.26 Å². The number of nitrogen functional groups attached to an aromatic ring is 1. The molecule has 0 saturated heterocycles. The van der Waals surface area contributed by atoms with Gasteiger partial charge in [-0.3, -0.25) is 4.79 Å². The Bertz CT molecular complexity index is 979. The summed E-state index contributed by atoms with van der Waals surface area (Å²) in [6.45, 7) is 5.04. The van der Waals surface area contributed by atoms with Crippen LogP contribution in [0.3, 0.4) is 0 Å². The first-order chi connectivity index (χ1) is 14.8. The molecule has 0 saturated carbocycles. The number of nitrogens with one attached hydrogen (secondary N) is 1. The van der Waals surface area contributed by atoms with Crippen molar-refractivity contribution in [1.29, 1.82) is 5.26 Å². The largest absolute Gasteiger partial charge is 0.462 e. The van der Waals surface area contributed by atoms with Crippen LogP contribution in [0.15, 0.2) is 30.3 Å². The van der Waals surface area contributed by atoms with Gasteiger partial charge in [-0.1, -0.05) is 44.2 Å². The van der Waals surface area contributed by atoms with E-state index in [1.54, 1.807) is 20.8 Å². The number of hydrogen-bond acceptors (Lipinski definition) is 8. The van der Waals surface area contributed by atoms with E-state index in [9.17, 15) is 19.6 Å². The third kappa shape index (κ3) is 6.30. The fourth-order valence-electron chi connectivity index (χ4n) is 2.84. The molecule has 1 atom stereocenters. The zero-order valence-electron chi connectivity index (χ0n) is 17.6. The molecule has 2 rings (SSSR count). The smallest absolute Gasteiger partial charge is 0.348 e.